The van der Waals surface area contributed by atoms with Gasteiger partial charge in [-0.05, 0) is 33.6 Å². The number of rotatable bonds is 9. The van der Waals surface area contributed by atoms with Crippen LogP contribution in [0.25, 0.3) is 0 Å². The second-order valence-corrected chi connectivity index (χ2v) is 5.08. The molecule has 1 N–H and O–H groups in total. The fourth-order valence-electron chi connectivity index (χ4n) is 1.32. The zero-order valence-corrected chi connectivity index (χ0v) is 11.7. The zero-order chi connectivity index (χ0) is 13.5. The van der Waals surface area contributed by atoms with Gasteiger partial charge in [0.15, 0.2) is 0 Å². The molecule has 4 heteroatoms. The number of unbranched alkanes of at least 4 members (excludes halogenated alkanes) is 1. The molecule has 4 nitrogen and oxygen atoms in total. The van der Waals surface area contributed by atoms with Crippen LogP contribution in [-0.4, -0.2) is 22.8 Å². The Bertz CT molecular complexity index is 225. The van der Waals surface area contributed by atoms with Gasteiger partial charge in [0.05, 0.1) is 11.5 Å². The van der Waals surface area contributed by atoms with Crippen molar-refractivity contribution in [2.75, 3.05) is 0 Å². The summed E-state index contributed by atoms with van der Waals surface area (Å²) in [5.41, 5.74) is -0.373. The van der Waals surface area contributed by atoms with Gasteiger partial charge in [0.25, 0.3) is 0 Å². The molecule has 0 saturated heterocycles. The summed E-state index contributed by atoms with van der Waals surface area (Å²) in [6.45, 7) is 9.63. The van der Waals surface area contributed by atoms with E-state index in [1.807, 2.05) is 27.7 Å². The lowest BCUT2D eigenvalue weighted by Crippen LogP contribution is -2.32. The normalized spacial score (nSPS) is 15.6. The van der Waals surface area contributed by atoms with Crippen LogP contribution in [0.3, 0.4) is 0 Å². The summed E-state index contributed by atoms with van der Waals surface area (Å²) in [6, 6.07) is 0. The smallest absolute Gasteiger partial charge is 0.309 e. The molecule has 0 aromatic rings. The first-order valence-corrected chi connectivity index (χ1v) is 6.41. The molecule has 0 bridgehead atoms. The van der Waals surface area contributed by atoms with Crippen LogP contribution in [0.4, 0.5) is 0 Å². The quantitative estimate of drug-likeness (QED) is 0.500. The van der Waals surface area contributed by atoms with Gasteiger partial charge in [-0.15, -0.1) is 0 Å². The van der Waals surface area contributed by atoms with Crippen molar-refractivity contribution in [1.82, 2.24) is 0 Å². The average Bonchev–Trinajstić information content (AvgIpc) is 2.26. The monoisotopic (exact) mass is 246 g/mol. The third-order valence-corrected chi connectivity index (χ3v) is 3.03. The summed E-state index contributed by atoms with van der Waals surface area (Å²) in [4.78, 5) is 21.6. The Kier molecular flexibility index (Phi) is 7.39. The van der Waals surface area contributed by atoms with Crippen molar-refractivity contribution < 1.29 is 19.7 Å². The van der Waals surface area contributed by atoms with E-state index in [2.05, 4.69) is 0 Å². The molecule has 0 aliphatic carbocycles. The maximum absolute atomic E-state index is 11.1. The van der Waals surface area contributed by atoms with E-state index in [4.69, 9.17) is 14.9 Å². The lowest BCUT2D eigenvalue weighted by molar-refractivity contribution is -0.380. The first-order valence-electron chi connectivity index (χ1n) is 6.41. The van der Waals surface area contributed by atoms with Gasteiger partial charge in [0.1, 0.15) is 6.10 Å². The van der Waals surface area contributed by atoms with Crippen molar-refractivity contribution in [3.05, 3.63) is 0 Å². The SMILES string of the molecule is CCCCC(C(=O)O)C(C)OOC(C)(C)CC. The van der Waals surface area contributed by atoms with Crippen molar-refractivity contribution in [2.24, 2.45) is 5.92 Å². The van der Waals surface area contributed by atoms with Crippen LogP contribution in [0.1, 0.15) is 60.3 Å². The molecule has 0 aliphatic rings. The summed E-state index contributed by atoms with van der Waals surface area (Å²) in [5, 5.41) is 9.12. The van der Waals surface area contributed by atoms with Crippen molar-refractivity contribution >= 4 is 5.97 Å². The first kappa shape index (κ1) is 16.4. The molecular formula is C13H26O4. The minimum Gasteiger partial charge on any atom is -0.481 e. The lowest BCUT2D eigenvalue weighted by Gasteiger charge is -2.26. The number of hydrogen-bond donors (Lipinski definition) is 1. The number of hydrogen-bond acceptors (Lipinski definition) is 3. The second kappa shape index (κ2) is 7.67. The molecule has 0 aromatic heterocycles. The first-order chi connectivity index (χ1) is 7.84. The van der Waals surface area contributed by atoms with Gasteiger partial charge in [0, 0.05) is 0 Å². The van der Waals surface area contributed by atoms with E-state index in [0.717, 1.165) is 19.3 Å². The lowest BCUT2D eigenvalue weighted by atomic mass is 9.97. The molecule has 0 saturated carbocycles. The van der Waals surface area contributed by atoms with E-state index in [0.29, 0.717) is 6.42 Å². The fourth-order valence-corrected chi connectivity index (χ4v) is 1.32. The zero-order valence-electron chi connectivity index (χ0n) is 11.7. The molecular weight excluding hydrogens is 220 g/mol. The Labute approximate surface area is 104 Å². The molecule has 2 atom stereocenters. The van der Waals surface area contributed by atoms with E-state index >= 15 is 0 Å². The number of carboxylic acid groups (broad SMARTS) is 1. The standard InChI is InChI=1S/C13H26O4/c1-6-8-9-11(12(14)15)10(3)16-17-13(4,5)7-2/h10-11H,6-9H2,1-5H3,(H,14,15). The van der Waals surface area contributed by atoms with Crippen LogP contribution < -0.4 is 0 Å². The largest absolute Gasteiger partial charge is 0.481 e. The van der Waals surface area contributed by atoms with Crippen molar-refractivity contribution in [2.45, 2.75) is 72.0 Å². The van der Waals surface area contributed by atoms with Crippen molar-refractivity contribution in [1.29, 1.82) is 0 Å². The molecule has 102 valence electrons. The van der Waals surface area contributed by atoms with Gasteiger partial charge in [-0.2, -0.15) is 0 Å². The highest BCUT2D eigenvalue weighted by atomic mass is 17.2. The summed E-state index contributed by atoms with van der Waals surface area (Å²) >= 11 is 0. The van der Waals surface area contributed by atoms with Crippen LogP contribution in [0.15, 0.2) is 0 Å². The van der Waals surface area contributed by atoms with E-state index in [1.165, 1.54) is 0 Å². The second-order valence-electron chi connectivity index (χ2n) is 5.08. The van der Waals surface area contributed by atoms with Gasteiger partial charge in [0.2, 0.25) is 0 Å². The fraction of sp³-hybridized carbons (Fsp3) is 0.923. The van der Waals surface area contributed by atoms with Crippen molar-refractivity contribution in [3.8, 4) is 0 Å². The van der Waals surface area contributed by atoms with Crippen LogP contribution in [0, 0.1) is 5.92 Å². The molecule has 17 heavy (non-hydrogen) atoms. The van der Waals surface area contributed by atoms with Gasteiger partial charge in [-0.3, -0.25) is 4.79 Å². The Balaban J connectivity index is 4.23. The molecule has 2 unspecified atom stereocenters. The predicted octanol–water partition coefficient (Wildman–Crippen LogP) is 3.40. The topological polar surface area (TPSA) is 55.8 Å². The van der Waals surface area contributed by atoms with Crippen molar-refractivity contribution in [3.63, 3.8) is 0 Å². The highest BCUT2D eigenvalue weighted by Gasteiger charge is 2.28. The molecule has 0 aliphatic heterocycles. The minimum atomic E-state index is -0.816. The van der Waals surface area contributed by atoms with Gasteiger partial charge < -0.3 is 5.11 Å². The van der Waals surface area contributed by atoms with E-state index in [-0.39, 0.29) is 5.60 Å². The summed E-state index contributed by atoms with van der Waals surface area (Å²) in [5.74, 6) is -1.31. The van der Waals surface area contributed by atoms with E-state index < -0.39 is 18.0 Å². The third kappa shape index (κ3) is 6.64. The third-order valence-electron chi connectivity index (χ3n) is 3.03. The molecule has 0 aromatic carbocycles. The highest BCUT2D eigenvalue weighted by molar-refractivity contribution is 5.70. The minimum absolute atomic E-state index is 0.373. The maximum atomic E-state index is 11.1. The number of carbonyl (C=O) groups is 1. The van der Waals surface area contributed by atoms with Crippen LogP contribution in [0.5, 0.6) is 0 Å². The maximum Gasteiger partial charge on any atom is 0.309 e. The summed E-state index contributed by atoms with van der Waals surface area (Å²) < 4.78 is 0. The Morgan fingerprint density at radius 3 is 2.35 bits per heavy atom. The summed E-state index contributed by atoms with van der Waals surface area (Å²) in [7, 11) is 0. The molecule has 0 heterocycles. The Hall–Kier alpha value is -0.610. The van der Waals surface area contributed by atoms with Gasteiger partial charge in [-0.25, -0.2) is 9.78 Å². The highest BCUT2D eigenvalue weighted by Crippen LogP contribution is 2.20. The summed E-state index contributed by atoms with van der Waals surface area (Å²) in [6.07, 6.45) is 2.89. The number of aliphatic carboxylic acids is 1. The van der Waals surface area contributed by atoms with Gasteiger partial charge in [-0.1, -0.05) is 26.7 Å². The van der Waals surface area contributed by atoms with Crippen LogP contribution in [-0.2, 0) is 14.6 Å². The average molecular weight is 246 g/mol. The Morgan fingerprint density at radius 1 is 1.35 bits per heavy atom. The molecule has 0 radical (unpaired) electrons. The van der Waals surface area contributed by atoms with E-state index in [1.54, 1.807) is 6.92 Å². The molecule has 0 rings (SSSR count). The Morgan fingerprint density at radius 2 is 1.94 bits per heavy atom. The molecule has 0 fully saturated rings. The molecule has 0 spiro atoms. The number of carboxylic acids is 1. The predicted molar refractivity (Wildman–Crippen MR) is 66.7 cm³/mol. The van der Waals surface area contributed by atoms with Crippen LogP contribution in [0.2, 0.25) is 0 Å². The van der Waals surface area contributed by atoms with Gasteiger partial charge >= 0.3 is 5.97 Å². The van der Waals surface area contributed by atoms with Crippen LogP contribution >= 0.6 is 0 Å². The molecule has 0 amide bonds. The van der Waals surface area contributed by atoms with E-state index in [9.17, 15) is 4.79 Å².